The largest absolute Gasteiger partial charge is 0.493 e. The molecule has 0 amide bonds. The van der Waals surface area contributed by atoms with E-state index in [0.29, 0.717) is 17.9 Å². The van der Waals surface area contributed by atoms with Gasteiger partial charge in [-0.3, -0.25) is 9.69 Å². The van der Waals surface area contributed by atoms with Gasteiger partial charge in [-0.25, -0.2) is 0 Å². The van der Waals surface area contributed by atoms with Gasteiger partial charge in [-0.1, -0.05) is 12.1 Å². The van der Waals surface area contributed by atoms with Crippen molar-refractivity contribution in [3.05, 3.63) is 29.8 Å². The van der Waals surface area contributed by atoms with Crippen LogP contribution in [-0.4, -0.2) is 57.8 Å². The highest BCUT2D eigenvalue weighted by atomic mass is 16.5. The average molecular weight is 305 g/mol. The van der Waals surface area contributed by atoms with Gasteiger partial charge in [0, 0.05) is 31.6 Å². The molecule has 0 unspecified atom stereocenters. The third-order valence-electron chi connectivity index (χ3n) is 3.66. The molecule has 1 aromatic rings. The van der Waals surface area contributed by atoms with E-state index in [4.69, 9.17) is 14.2 Å². The molecule has 0 atom stereocenters. The normalized spacial score (nSPS) is 15.9. The van der Waals surface area contributed by atoms with Gasteiger partial charge in [-0.05, 0) is 18.2 Å². The van der Waals surface area contributed by atoms with Gasteiger partial charge < -0.3 is 14.2 Å². The number of benzene rings is 1. The van der Waals surface area contributed by atoms with Gasteiger partial charge >= 0.3 is 0 Å². The number of ether oxygens (including phenoxy) is 3. The van der Waals surface area contributed by atoms with Crippen molar-refractivity contribution in [2.45, 2.75) is 6.42 Å². The van der Waals surface area contributed by atoms with Crippen molar-refractivity contribution < 1.29 is 19.0 Å². The Kier molecular flexibility index (Phi) is 6.43. The maximum Gasteiger partial charge on any atom is 0.167 e. The highest BCUT2D eigenvalue weighted by molar-refractivity contribution is 5.94. The summed E-state index contributed by atoms with van der Waals surface area (Å²) >= 11 is 0. The number of ketones is 1. The van der Waals surface area contributed by atoms with Crippen molar-refractivity contribution in [3.63, 3.8) is 0 Å². The van der Waals surface area contributed by atoms with Gasteiger partial charge in [0.25, 0.3) is 0 Å². The van der Waals surface area contributed by atoms with Gasteiger partial charge in [-0.2, -0.15) is 0 Å². The van der Waals surface area contributed by atoms with Crippen LogP contribution in [0.25, 0.3) is 6.08 Å². The van der Waals surface area contributed by atoms with Crippen LogP contribution < -0.4 is 9.47 Å². The minimum atomic E-state index is 0.108. The maximum absolute atomic E-state index is 12.0. The second-order valence-electron chi connectivity index (χ2n) is 5.09. The van der Waals surface area contributed by atoms with Gasteiger partial charge in [-0.15, -0.1) is 0 Å². The molecule has 1 aliphatic rings. The lowest BCUT2D eigenvalue weighted by atomic mass is 10.1. The standard InChI is InChI=1S/C17H23NO4/c1-20-16-5-3-4-14(17(16)21-2)6-7-15(19)8-9-18-10-12-22-13-11-18/h3-7H,8-13H2,1-2H3/b7-6+. The molecule has 0 bridgehead atoms. The Morgan fingerprint density at radius 3 is 2.73 bits per heavy atom. The predicted octanol–water partition coefficient (Wildman–Crippen LogP) is 2.01. The minimum absolute atomic E-state index is 0.108. The fraction of sp³-hybridized carbons (Fsp3) is 0.471. The van der Waals surface area contributed by atoms with Gasteiger partial charge in [0.1, 0.15) is 0 Å². The topological polar surface area (TPSA) is 48.0 Å². The zero-order chi connectivity index (χ0) is 15.8. The van der Waals surface area contributed by atoms with Crippen molar-refractivity contribution in [1.82, 2.24) is 4.90 Å². The number of methoxy groups -OCH3 is 2. The van der Waals surface area contributed by atoms with E-state index in [9.17, 15) is 4.79 Å². The molecule has 0 N–H and O–H groups in total. The fourth-order valence-corrected chi connectivity index (χ4v) is 2.40. The van der Waals surface area contributed by atoms with Crippen LogP contribution in [0.2, 0.25) is 0 Å². The van der Waals surface area contributed by atoms with Crippen LogP contribution in [0.3, 0.4) is 0 Å². The van der Waals surface area contributed by atoms with Crippen molar-refractivity contribution >= 4 is 11.9 Å². The molecule has 1 saturated heterocycles. The highest BCUT2D eigenvalue weighted by Gasteiger charge is 2.11. The van der Waals surface area contributed by atoms with E-state index >= 15 is 0 Å². The summed E-state index contributed by atoms with van der Waals surface area (Å²) in [5.74, 6) is 1.41. The van der Waals surface area contributed by atoms with Crippen molar-refractivity contribution in [2.24, 2.45) is 0 Å². The smallest absolute Gasteiger partial charge is 0.167 e. The molecule has 120 valence electrons. The first-order valence-electron chi connectivity index (χ1n) is 7.46. The Morgan fingerprint density at radius 2 is 2.05 bits per heavy atom. The SMILES string of the molecule is COc1cccc(/C=C/C(=O)CCN2CCOCC2)c1OC. The fourth-order valence-electron chi connectivity index (χ4n) is 2.40. The molecule has 1 aromatic carbocycles. The number of morpholine rings is 1. The first kappa shape index (κ1) is 16.5. The zero-order valence-electron chi connectivity index (χ0n) is 13.2. The van der Waals surface area contributed by atoms with E-state index in [1.165, 1.54) is 0 Å². The Balaban J connectivity index is 1.91. The van der Waals surface area contributed by atoms with E-state index in [1.54, 1.807) is 26.4 Å². The highest BCUT2D eigenvalue weighted by Crippen LogP contribution is 2.31. The van der Waals surface area contributed by atoms with Gasteiger partial charge in [0.2, 0.25) is 0 Å². The maximum atomic E-state index is 12.0. The van der Waals surface area contributed by atoms with Crippen LogP contribution in [0.1, 0.15) is 12.0 Å². The number of hydrogen-bond acceptors (Lipinski definition) is 5. The lowest BCUT2D eigenvalue weighted by Crippen LogP contribution is -2.37. The third kappa shape index (κ3) is 4.58. The summed E-state index contributed by atoms with van der Waals surface area (Å²) in [5.41, 5.74) is 0.835. The lowest BCUT2D eigenvalue weighted by molar-refractivity contribution is -0.115. The molecule has 0 aliphatic carbocycles. The van der Waals surface area contributed by atoms with E-state index in [1.807, 2.05) is 18.2 Å². The number of hydrogen-bond donors (Lipinski definition) is 0. The van der Waals surface area contributed by atoms with Crippen LogP contribution in [-0.2, 0) is 9.53 Å². The molecule has 0 aromatic heterocycles. The predicted molar refractivity (Wildman–Crippen MR) is 85.5 cm³/mol. The lowest BCUT2D eigenvalue weighted by Gasteiger charge is -2.25. The van der Waals surface area contributed by atoms with Crippen molar-refractivity contribution in [2.75, 3.05) is 47.1 Å². The number of nitrogens with zero attached hydrogens (tertiary/aromatic N) is 1. The van der Waals surface area contributed by atoms with E-state index in [-0.39, 0.29) is 5.78 Å². The molecule has 22 heavy (non-hydrogen) atoms. The molecule has 0 spiro atoms. The van der Waals surface area contributed by atoms with Gasteiger partial charge in [0.15, 0.2) is 17.3 Å². The molecule has 0 saturated carbocycles. The van der Waals surface area contributed by atoms with Crippen molar-refractivity contribution in [1.29, 1.82) is 0 Å². The number of allylic oxidation sites excluding steroid dienone is 1. The van der Waals surface area contributed by atoms with Crippen LogP contribution in [0, 0.1) is 0 Å². The molecule has 2 rings (SSSR count). The quantitative estimate of drug-likeness (QED) is 0.721. The monoisotopic (exact) mass is 305 g/mol. The molecular weight excluding hydrogens is 282 g/mol. The van der Waals surface area contributed by atoms with Gasteiger partial charge in [0.05, 0.1) is 27.4 Å². The summed E-state index contributed by atoms with van der Waals surface area (Å²) in [6.07, 6.45) is 3.91. The van der Waals surface area contributed by atoms with E-state index < -0.39 is 0 Å². The molecule has 1 aliphatic heterocycles. The molecule has 0 radical (unpaired) electrons. The van der Waals surface area contributed by atoms with Crippen LogP contribution in [0.4, 0.5) is 0 Å². The Morgan fingerprint density at radius 1 is 1.27 bits per heavy atom. The Hall–Kier alpha value is -1.85. The number of carbonyl (C=O) groups excluding carboxylic acids is 1. The average Bonchev–Trinajstić information content (AvgIpc) is 2.58. The summed E-state index contributed by atoms with van der Waals surface area (Å²) < 4.78 is 15.9. The molecule has 5 nitrogen and oxygen atoms in total. The first-order valence-corrected chi connectivity index (χ1v) is 7.46. The summed E-state index contributed by atoms with van der Waals surface area (Å²) in [6, 6.07) is 5.60. The van der Waals surface area contributed by atoms with E-state index in [2.05, 4.69) is 4.90 Å². The summed E-state index contributed by atoms with van der Waals surface area (Å²) in [7, 11) is 3.19. The van der Waals surface area contributed by atoms with Crippen LogP contribution in [0.15, 0.2) is 24.3 Å². The molecular formula is C17H23NO4. The van der Waals surface area contributed by atoms with Crippen LogP contribution in [0.5, 0.6) is 11.5 Å². The Bertz CT molecular complexity index is 521. The minimum Gasteiger partial charge on any atom is -0.493 e. The Labute approximate surface area is 131 Å². The first-order chi connectivity index (χ1) is 10.7. The summed E-state index contributed by atoms with van der Waals surface area (Å²) in [5, 5.41) is 0. The molecule has 1 heterocycles. The number of para-hydroxylation sites is 1. The molecule has 1 fully saturated rings. The second-order valence-corrected chi connectivity index (χ2v) is 5.09. The second kappa shape index (κ2) is 8.56. The van der Waals surface area contributed by atoms with E-state index in [0.717, 1.165) is 38.4 Å². The zero-order valence-corrected chi connectivity index (χ0v) is 13.2. The number of rotatable bonds is 7. The summed E-state index contributed by atoms with van der Waals surface area (Å²) in [4.78, 5) is 14.2. The number of carbonyl (C=O) groups is 1. The third-order valence-corrected chi connectivity index (χ3v) is 3.66. The van der Waals surface area contributed by atoms with Crippen LogP contribution >= 0.6 is 0 Å². The molecule has 5 heteroatoms. The summed E-state index contributed by atoms with van der Waals surface area (Å²) in [6.45, 7) is 4.10. The van der Waals surface area contributed by atoms with Crippen molar-refractivity contribution in [3.8, 4) is 11.5 Å².